The molecule has 1 unspecified atom stereocenters. The number of ether oxygens (including phenoxy) is 1. The van der Waals surface area contributed by atoms with Gasteiger partial charge in [0, 0.05) is 18.7 Å². The summed E-state index contributed by atoms with van der Waals surface area (Å²) in [5, 5.41) is 16.9. The Bertz CT molecular complexity index is 527. The highest BCUT2D eigenvalue weighted by Crippen LogP contribution is 2.24. The van der Waals surface area contributed by atoms with Gasteiger partial charge in [-0.1, -0.05) is 0 Å². The van der Waals surface area contributed by atoms with Gasteiger partial charge >= 0.3 is 0 Å². The summed E-state index contributed by atoms with van der Waals surface area (Å²) < 4.78 is 5.10. The van der Waals surface area contributed by atoms with E-state index in [1.807, 2.05) is 0 Å². The minimum absolute atomic E-state index is 0.125. The predicted octanol–water partition coefficient (Wildman–Crippen LogP) is 1.33. The van der Waals surface area contributed by atoms with Crippen LogP contribution in [0.25, 0.3) is 0 Å². The van der Waals surface area contributed by atoms with Crippen LogP contribution in [0, 0.1) is 16.0 Å². The number of non-ortho nitro benzene ring substituents is 1. The van der Waals surface area contributed by atoms with Crippen molar-refractivity contribution in [3.05, 3.63) is 33.9 Å². The average Bonchev–Trinajstić information content (AvgIpc) is 2.52. The van der Waals surface area contributed by atoms with Crippen LogP contribution >= 0.6 is 0 Å². The Balaban J connectivity index is 2.06. The molecule has 2 rings (SSSR count). The van der Waals surface area contributed by atoms with Gasteiger partial charge in [0.05, 0.1) is 17.6 Å². The van der Waals surface area contributed by atoms with Gasteiger partial charge in [-0.2, -0.15) is 0 Å². The molecule has 1 atom stereocenters. The summed E-state index contributed by atoms with van der Waals surface area (Å²) in [4.78, 5) is 22.5. The number of hydrogen-bond acceptors (Lipinski definition) is 5. The standard InChI is InChI=1S/C14H19N3O4/c1-21-13-5-4-11(17(19)20)7-12(13)14(18)16-9-10-3-2-6-15-8-10/h4-5,7,10,15H,2-3,6,8-9H2,1H3,(H,16,18). The van der Waals surface area contributed by atoms with Crippen LogP contribution in [0.1, 0.15) is 23.2 Å². The molecule has 21 heavy (non-hydrogen) atoms. The number of carbonyl (C=O) groups is 1. The molecule has 0 bridgehead atoms. The number of methoxy groups -OCH3 is 1. The van der Waals surface area contributed by atoms with E-state index < -0.39 is 4.92 Å². The maximum absolute atomic E-state index is 12.2. The SMILES string of the molecule is COc1ccc([N+](=O)[O-])cc1C(=O)NCC1CCCNC1. The van der Waals surface area contributed by atoms with E-state index in [1.165, 1.54) is 25.3 Å². The Morgan fingerprint density at radius 2 is 2.38 bits per heavy atom. The fourth-order valence-corrected chi connectivity index (χ4v) is 2.42. The third-order valence-electron chi connectivity index (χ3n) is 3.59. The highest BCUT2D eigenvalue weighted by molar-refractivity contribution is 5.97. The first-order valence-electron chi connectivity index (χ1n) is 6.93. The van der Waals surface area contributed by atoms with Crippen LogP contribution in [0.5, 0.6) is 5.75 Å². The molecular weight excluding hydrogens is 274 g/mol. The highest BCUT2D eigenvalue weighted by atomic mass is 16.6. The maximum atomic E-state index is 12.2. The normalized spacial score (nSPS) is 18.0. The summed E-state index contributed by atoms with van der Waals surface area (Å²) >= 11 is 0. The third-order valence-corrected chi connectivity index (χ3v) is 3.59. The zero-order valence-electron chi connectivity index (χ0n) is 11.9. The molecule has 0 aromatic heterocycles. The molecule has 1 amide bonds. The molecule has 114 valence electrons. The van der Waals surface area contributed by atoms with Gasteiger partial charge in [-0.05, 0) is 37.9 Å². The van der Waals surface area contributed by atoms with Gasteiger partial charge < -0.3 is 15.4 Å². The van der Waals surface area contributed by atoms with Crippen molar-refractivity contribution in [1.82, 2.24) is 10.6 Å². The lowest BCUT2D eigenvalue weighted by Gasteiger charge is -2.23. The monoisotopic (exact) mass is 293 g/mol. The molecule has 2 N–H and O–H groups in total. The lowest BCUT2D eigenvalue weighted by Crippen LogP contribution is -2.38. The molecule has 0 saturated carbocycles. The van der Waals surface area contributed by atoms with Crippen molar-refractivity contribution in [2.75, 3.05) is 26.7 Å². The third kappa shape index (κ3) is 3.91. The molecule has 1 aliphatic rings. The van der Waals surface area contributed by atoms with E-state index in [9.17, 15) is 14.9 Å². The smallest absolute Gasteiger partial charge is 0.270 e. The predicted molar refractivity (Wildman–Crippen MR) is 77.6 cm³/mol. The molecule has 0 aliphatic carbocycles. The Kier molecular flexibility index (Phi) is 5.10. The van der Waals surface area contributed by atoms with Crippen LogP contribution in [0.15, 0.2) is 18.2 Å². The van der Waals surface area contributed by atoms with Crippen LogP contribution in [0.4, 0.5) is 5.69 Å². The van der Waals surface area contributed by atoms with Crippen LogP contribution in [0.2, 0.25) is 0 Å². The first-order chi connectivity index (χ1) is 10.1. The maximum Gasteiger partial charge on any atom is 0.270 e. The van der Waals surface area contributed by atoms with Gasteiger partial charge in [-0.15, -0.1) is 0 Å². The van der Waals surface area contributed by atoms with Crippen molar-refractivity contribution in [3.8, 4) is 5.75 Å². The Hall–Kier alpha value is -2.15. The summed E-state index contributed by atoms with van der Waals surface area (Å²) in [6.07, 6.45) is 2.17. The second-order valence-corrected chi connectivity index (χ2v) is 5.06. The molecule has 0 radical (unpaired) electrons. The fourth-order valence-electron chi connectivity index (χ4n) is 2.42. The fraction of sp³-hybridized carbons (Fsp3) is 0.500. The summed E-state index contributed by atoms with van der Waals surface area (Å²) in [5.74, 6) is 0.383. The largest absolute Gasteiger partial charge is 0.496 e. The van der Waals surface area contributed by atoms with Crippen LogP contribution in [-0.4, -0.2) is 37.6 Å². The van der Waals surface area contributed by atoms with E-state index in [0.29, 0.717) is 18.2 Å². The molecule has 1 aromatic carbocycles. The van der Waals surface area contributed by atoms with Crippen LogP contribution in [0.3, 0.4) is 0 Å². The van der Waals surface area contributed by atoms with E-state index >= 15 is 0 Å². The second-order valence-electron chi connectivity index (χ2n) is 5.06. The lowest BCUT2D eigenvalue weighted by atomic mass is 9.99. The molecular formula is C14H19N3O4. The number of benzene rings is 1. The van der Waals surface area contributed by atoms with Gasteiger partial charge in [0.1, 0.15) is 5.75 Å². The molecule has 0 spiro atoms. The molecule has 7 heteroatoms. The van der Waals surface area contributed by atoms with Crippen molar-refractivity contribution in [2.24, 2.45) is 5.92 Å². The van der Waals surface area contributed by atoms with Gasteiger partial charge in [0.15, 0.2) is 0 Å². The van der Waals surface area contributed by atoms with Crippen molar-refractivity contribution in [1.29, 1.82) is 0 Å². The Morgan fingerprint density at radius 1 is 1.57 bits per heavy atom. The van der Waals surface area contributed by atoms with Crippen LogP contribution in [-0.2, 0) is 0 Å². The van der Waals surface area contributed by atoms with E-state index in [4.69, 9.17) is 4.74 Å². The Labute approximate surface area is 122 Å². The van der Waals surface area contributed by atoms with E-state index in [-0.39, 0.29) is 17.2 Å². The lowest BCUT2D eigenvalue weighted by molar-refractivity contribution is -0.384. The topological polar surface area (TPSA) is 93.5 Å². The molecule has 1 aliphatic heterocycles. The zero-order valence-corrected chi connectivity index (χ0v) is 11.9. The number of rotatable bonds is 5. The first kappa shape index (κ1) is 15.2. The van der Waals surface area contributed by atoms with Crippen molar-refractivity contribution in [2.45, 2.75) is 12.8 Å². The van der Waals surface area contributed by atoms with E-state index in [2.05, 4.69) is 10.6 Å². The number of amides is 1. The van der Waals surface area contributed by atoms with Crippen molar-refractivity contribution in [3.63, 3.8) is 0 Å². The summed E-state index contributed by atoms with van der Waals surface area (Å²) in [6.45, 7) is 2.45. The Morgan fingerprint density at radius 3 is 3.00 bits per heavy atom. The highest BCUT2D eigenvalue weighted by Gasteiger charge is 2.19. The molecule has 1 aromatic rings. The van der Waals surface area contributed by atoms with Gasteiger partial charge in [-0.25, -0.2) is 0 Å². The van der Waals surface area contributed by atoms with Gasteiger partial charge in [-0.3, -0.25) is 14.9 Å². The number of piperidine rings is 1. The number of nitro groups is 1. The van der Waals surface area contributed by atoms with Crippen molar-refractivity contribution < 1.29 is 14.5 Å². The quantitative estimate of drug-likeness (QED) is 0.631. The number of carbonyl (C=O) groups excluding carboxylic acids is 1. The number of nitrogens with zero attached hydrogens (tertiary/aromatic N) is 1. The van der Waals surface area contributed by atoms with Crippen LogP contribution < -0.4 is 15.4 Å². The minimum Gasteiger partial charge on any atom is -0.496 e. The first-order valence-corrected chi connectivity index (χ1v) is 6.93. The minimum atomic E-state index is -0.527. The zero-order chi connectivity index (χ0) is 15.2. The summed E-state index contributed by atoms with van der Waals surface area (Å²) in [5.41, 5.74) is 0.0655. The second kappa shape index (κ2) is 7.03. The molecule has 7 nitrogen and oxygen atoms in total. The van der Waals surface area contributed by atoms with Crippen molar-refractivity contribution >= 4 is 11.6 Å². The number of hydrogen-bond donors (Lipinski definition) is 2. The molecule has 1 saturated heterocycles. The summed E-state index contributed by atoms with van der Waals surface area (Å²) in [6, 6.07) is 4.00. The molecule has 1 fully saturated rings. The number of nitro benzene ring substituents is 1. The average molecular weight is 293 g/mol. The van der Waals surface area contributed by atoms with E-state index in [0.717, 1.165) is 25.9 Å². The molecule has 1 heterocycles. The summed E-state index contributed by atoms with van der Waals surface area (Å²) in [7, 11) is 1.43. The van der Waals surface area contributed by atoms with E-state index in [1.54, 1.807) is 0 Å². The number of nitrogens with one attached hydrogen (secondary N) is 2. The van der Waals surface area contributed by atoms with Gasteiger partial charge in [0.2, 0.25) is 0 Å². The van der Waals surface area contributed by atoms with Gasteiger partial charge in [0.25, 0.3) is 11.6 Å².